The number of methoxy groups -OCH3 is 2. The number of benzene rings is 1. The maximum atomic E-state index is 11.7. The minimum absolute atomic E-state index is 0.0187. The lowest BCUT2D eigenvalue weighted by Gasteiger charge is -2.18. The number of amides is 1. The van der Waals surface area contributed by atoms with Crippen LogP contribution in [0.25, 0.3) is 0 Å². The van der Waals surface area contributed by atoms with E-state index in [9.17, 15) is 14.4 Å². The van der Waals surface area contributed by atoms with E-state index in [2.05, 4.69) is 4.74 Å². The number of rotatable bonds is 3. The second-order valence-electron chi connectivity index (χ2n) is 4.07. The predicted octanol–water partition coefficient (Wildman–Crippen LogP) is 0.788. The number of ether oxygens (including phenoxy) is 2. The molecule has 0 unspecified atom stereocenters. The van der Waals surface area contributed by atoms with Crippen molar-refractivity contribution < 1.29 is 23.9 Å². The first-order valence-corrected chi connectivity index (χ1v) is 5.65. The maximum absolute atomic E-state index is 11.7. The van der Waals surface area contributed by atoms with Crippen molar-refractivity contribution in [3.05, 3.63) is 23.8 Å². The van der Waals surface area contributed by atoms with E-state index in [1.165, 1.54) is 25.2 Å². The smallest absolute Gasteiger partial charge is 0.340 e. The van der Waals surface area contributed by atoms with Crippen LogP contribution < -0.4 is 9.64 Å². The molecule has 0 N–H and O–H groups in total. The highest BCUT2D eigenvalue weighted by Crippen LogP contribution is 2.28. The van der Waals surface area contributed by atoms with Gasteiger partial charge in [0.2, 0.25) is 5.91 Å². The fourth-order valence-corrected chi connectivity index (χ4v) is 1.95. The van der Waals surface area contributed by atoms with Crippen LogP contribution in [0.4, 0.5) is 5.69 Å². The molecule has 2 rings (SSSR count). The third kappa shape index (κ3) is 2.42. The quantitative estimate of drug-likeness (QED) is 0.595. The molecule has 1 saturated heterocycles. The average molecular weight is 263 g/mol. The fraction of sp³-hybridized carbons (Fsp3) is 0.308. The highest BCUT2D eigenvalue weighted by Gasteiger charge is 2.31. The Morgan fingerprint density at radius 2 is 2.00 bits per heavy atom. The molecule has 0 bridgehead atoms. The zero-order valence-electron chi connectivity index (χ0n) is 10.6. The van der Waals surface area contributed by atoms with Gasteiger partial charge in [-0.1, -0.05) is 0 Å². The Labute approximate surface area is 109 Å². The van der Waals surface area contributed by atoms with Gasteiger partial charge in [-0.25, -0.2) is 4.79 Å². The molecule has 1 aromatic rings. The number of anilines is 1. The molecule has 0 spiro atoms. The number of esters is 1. The van der Waals surface area contributed by atoms with Crippen LogP contribution in [0.15, 0.2) is 18.2 Å². The fourth-order valence-electron chi connectivity index (χ4n) is 1.95. The standard InChI is InChI=1S/C13H13NO5/c1-18-9-3-4-11(10(6-9)13(17)19-2)14-7-8(15)5-12(14)16/h3-4,6H,5,7H2,1-2H3. The first-order valence-electron chi connectivity index (χ1n) is 5.65. The van der Waals surface area contributed by atoms with Crippen molar-refractivity contribution >= 4 is 23.3 Å². The maximum Gasteiger partial charge on any atom is 0.340 e. The van der Waals surface area contributed by atoms with Crippen LogP contribution in [0.2, 0.25) is 0 Å². The molecule has 1 amide bonds. The average Bonchev–Trinajstić information content (AvgIpc) is 2.76. The second-order valence-corrected chi connectivity index (χ2v) is 4.07. The van der Waals surface area contributed by atoms with E-state index in [1.54, 1.807) is 12.1 Å². The summed E-state index contributed by atoms with van der Waals surface area (Å²) in [4.78, 5) is 36.1. The third-order valence-corrected chi connectivity index (χ3v) is 2.88. The van der Waals surface area contributed by atoms with Gasteiger partial charge < -0.3 is 14.4 Å². The van der Waals surface area contributed by atoms with Crippen molar-refractivity contribution in [1.29, 1.82) is 0 Å². The lowest BCUT2D eigenvalue weighted by molar-refractivity contribution is -0.121. The van der Waals surface area contributed by atoms with Gasteiger partial charge in [0.05, 0.1) is 38.4 Å². The van der Waals surface area contributed by atoms with Gasteiger partial charge in [-0.3, -0.25) is 9.59 Å². The summed E-state index contributed by atoms with van der Waals surface area (Å²) < 4.78 is 9.72. The summed E-state index contributed by atoms with van der Waals surface area (Å²) >= 11 is 0. The molecule has 19 heavy (non-hydrogen) atoms. The van der Waals surface area contributed by atoms with E-state index in [4.69, 9.17) is 4.74 Å². The number of hydrogen-bond acceptors (Lipinski definition) is 5. The van der Waals surface area contributed by atoms with E-state index >= 15 is 0 Å². The second kappa shape index (κ2) is 5.09. The van der Waals surface area contributed by atoms with Crippen molar-refractivity contribution in [2.24, 2.45) is 0 Å². The molecule has 0 aromatic heterocycles. The van der Waals surface area contributed by atoms with Crippen LogP contribution in [0, 0.1) is 0 Å². The summed E-state index contributed by atoms with van der Waals surface area (Å²) in [6, 6.07) is 4.68. The van der Waals surface area contributed by atoms with Crippen LogP contribution in [-0.2, 0) is 14.3 Å². The first-order chi connectivity index (χ1) is 9.06. The molecule has 1 aliphatic rings. The van der Waals surface area contributed by atoms with E-state index in [0.29, 0.717) is 11.4 Å². The van der Waals surface area contributed by atoms with Crippen LogP contribution in [0.3, 0.4) is 0 Å². The number of hydrogen-bond donors (Lipinski definition) is 0. The number of carbonyl (C=O) groups is 3. The molecular formula is C13H13NO5. The van der Waals surface area contributed by atoms with Crippen molar-refractivity contribution in [3.63, 3.8) is 0 Å². The number of nitrogens with zero attached hydrogens (tertiary/aromatic N) is 1. The highest BCUT2D eigenvalue weighted by atomic mass is 16.5. The largest absolute Gasteiger partial charge is 0.497 e. The summed E-state index contributed by atoms with van der Waals surface area (Å²) in [5, 5.41) is 0. The summed E-state index contributed by atoms with van der Waals surface area (Å²) in [5.74, 6) is -0.597. The summed E-state index contributed by atoms with van der Waals surface area (Å²) in [7, 11) is 2.73. The van der Waals surface area contributed by atoms with Gasteiger partial charge in [-0.2, -0.15) is 0 Å². The van der Waals surface area contributed by atoms with Crippen LogP contribution in [0.1, 0.15) is 16.8 Å². The van der Waals surface area contributed by atoms with Gasteiger partial charge in [0.15, 0.2) is 5.78 Å². The first kappa shape index (κ1) is 13.1. The Balaban J connectivity index is 2.47. The SMILES string of the molecule is COC(=O)c1cc(OC)ccc1N1CC(=O)CC1=O. The molecule has 6 nitrogen and oxygen atoms in total. The van der Waals surface area contributed by atoms with E-state index in [-0.39, 0.29) is 30.2 Å². The molecule has 1 aliphatic heterocycles. The normalized spacial score (nSPS) is 14.7. The topological polar surface area (TPSA) is 72.9 Å². The van der Waals surface area contributed by atoms with E-state index < -0.39 is 5.97 Å². The van der Waals surface area contributed by atoms with Crippen LogP contribution >= 0.6 is 0 Å². The Morgan fingerprint density at radius 1 is 1.26 bits per heavy atom. The molecule has 0 radical (unpaired) electrons. The van der Waals surface area contributed by atoms with Gasteiger partial charge in [-0.15, -0.1) is 0 Å². The minimum Gasteiger partial charge on any atom is -0.497 e. The Morgan fingerprint density at radius 3 is 2.53 bits per heavy atom. The van der Waals surface area contributed by atoms with Gasteiger partial charge in [0.25, 0.3) is 0 Å². The molecule has 1 fully saturated rings. The number of carbonyl (C=O) groups excluding carboxylic acids is 3. The lowest BCUT2D eigenvalue weighted by atomic mass is 10.1. The number of Topliss-reactive ketones (excluding diaryl/α,β-unsaturated/α-hetero) is 1. The molecule has 6 heteroatoms. The number of ketones is 1. The predicted molar refractivity (Wildman–Crippen MR) is 66.3 cm³/mol. The molecule has 1 heterocycles. The summed E-state index contributed by atoms with van der Waals surface area (Å²) in [5.41, 5.74) is 0.563. The van der Waals surface area contributed by atoms with Crippen molar-refractivity contribution in [1.82, 2.24) is 0 Å². The van der Waals surface area contributed by atoms with Crippen LogP contribution in [-0.4, -0.2) is 38.4 Å². The Hall–Kier alpha value is -2.37. The van der Waals surface area contributed by atoms with Crippen molar-refractivity contribution in [3.8, 4) is 5.75 Å². The monoisotopic (exact) mass is 263 g/mol. The molecule has 0 saturated carbocycles. The highest BCUT2D eigenvalue weighted by molar-refractivity contribution is 6.16. The van der Waals surface area contributed by atoms with E-state index in [0.717, 1.165) is 0 Å². The molecule has 100 valence electrons. The lowest BCUT2D eigenvalue weighted by Crippen LogP contribution is -2.26. The summed E-state index contributed by atoms with van der Waals surface area (Å²) in [6.45, 7) is -0.0187. The van der Waals surface area contributed by atoms with Gasteiger partial charge in [0, 0.05) is 0 Å². The van der Waals surface area contributed by atoms with Crippen molar-refractivity contribution in [2.45, 2.75) is 6.42 Å². The van der Waals surface area contributed by atoms with Gasteiger partial charge in [-0.05, 0) is 18.2 Å². The van der Waals surface area contributed by atoms with Gasteiger partial charge in [0.1, 0.15) is 5.75 Å². The van der Waals surface area contributed by atoms with Crippen LogP contribution in [0.5, 0.6) is 5.75 Å². The zero-order valence-corrected chi connectivity index (χ0v) is 10.6. The Kier molecular flexibility index (Phi) is 3.50. The molecule has 1 aromatic carbocycles. The van der Waals surface area contributed by atoms with E-state index in [1.807, 2.05) is 0 Å². The van der Waals surface area contributed by atoms with Gasteiger partial charge >= 0.3 is 5.97 Å². The molecular weight excluding hydrogens is 250 g/mol. The minimum atomic E-state index is -0.582. The summed E-state index contributed by atoms with van der Waals surface area (Å²) in [6.07, 6.45) is -0.132. The van der Waals surface area contributed by atoms with Crippen molar-refractivity contribution in [2.75, 3.05) is 25.7 Å². The Bertz CT molecular complexity index is 552. The third-order valence-electron chi connectivity index (χ3n) is 2.88. The zero-order chi connectivity index (χ0) is 14.0. The molecule has 0 atom stereocenters. The molecule has 0 aliphatic carbocycles.